The number of hydrogen-bond donors (Lipinski definition) is 1. The summed E-state index contributed by atoms with van der Waals surface area (Å²) in [6.45, 7) is 6.03. The molecule has 0 fully saturated rings. The van der Waals surface area contributed by atoms with Crippen molar-refractivity contribution in [3.05, 3.63) is 17.5 Å². The van der Waals surface area contributed by atoms with Crippen LogP contribution < -0.4 is 5.32 Å². The van der Waals surface area contributed by atoms with E-state index < -0.39 is 0 Å². The van der Waals surface area contributed by atoms with Crippen molar-refractivity contribution in [1.29, 1.82) is 0 Å². The zero-order chi connectivity index (χ0) is 11.3. The first-order chi connectivity index (χ1) is 7.15. The first-order valence-electron chi connectivity index (χ1n) is 5.31. The molecule has 0 bridgehead atoms. The van der Waals surface area contributed by atoms with Crippen LogP contribution in [0.4, 0.5) is 0 Å². The van der Waals surface area contributed by atoms with E-state index >= 15 is 0 Å². The number of hydrogen-bond acceptors (Lipinski definition) is 2. The highest BCUT2D eigenvalue weighted by Crippen LogP contribution is 2.16. The van der Waals surface area contributed by atoms with E-state index in [2.05, 4.69) is 36.4 Å². The maximum Gasteiger partial charge on any atom is 0.0694 e. The minimum atomic E-state index is 0.468. The third-order valence-corrected chi connectivity index (χ3v) is 2.25. The molecule has 0 aliphatic heterocycles. The lowest BCUT2D eigenvalue weighted by atomic mass is 10.1. The molecular weight excluding hydrogens is 186 g/mol. The van der Waals surface area contributed by atoms with E-state index in [1.54, 1.807) is 0 Å². The van der Waals surface area contributed by atoms with Gasteiger partial charge in [-0.1, -0.05) is 13.8 Å². The van der Waals surface area contributed by atoms with E-state index in [-0.39, 0.29) is 0 Å². The Bertz CT molecular complexity index is 344. The zero-order valence-electron chi connectivity index (χ0n) is 9.75. The van der Waals surface area contributed by atoms with E-state index in [0.29, 0.717) is 5.92 Å². The molecule has 1 rings (SSSR count). The predicted molar refractivity (Wildman–Crippen MR) is 62.5 cm³/mol. The maximum absolute atomic E-state index is 5.18. The normalized spacial score (nSPS) is 10.6. The van der Waals surface area contributed by atoms with Crippen molar-refractivity contribution in [2.24, 2.45) is 7.05 Å². The van der Waals surface area contributed by atoms with Crippen molar-refractivity contribution < 1.29 is 0 Å². The standard InChI is InChI=1S/C12H19N3/c1-5-6-7-13-8-11-9-15(4)14-12(11)10(2)3/h1,9-10,13H,6-8H2,2-4H3. The number of terminal acetylenes is 1. The molecule has 15 heavy (non-hydrogen) atoms. The first-order valence-corrected chi connectivity index (χ1v) is 5.31. The predicted octanol–water partition coefficient (Wildman–Crippen LogP) is 1.66. The largest absolute Gasteiger partial charge is 0.312 e. The number of nitrogens with one attached hydrogen (secondary N) is 1. The highest BCUT2D eigenvalue weighted by molar-refractivity contribution is 5.19. The highest BCUT2D eigenvalue weighted by atomic mass is 15.3. The smallest absolute Gasteiger partial charge is 0.0694 e. The van der Waals surface area contributed by atoms with Gasteiger partial charge in [0.25, 0.3) is 0 Å². The summed E-state index contributed by atoms with van der Waals surface area (Å²) in [5.74, 6) is 3.08. The summed E-state index contributed by atoms with van der Waals surface area (Å²) < 4.78 is 1.87. The highest BCUT2D eigenvalue weighted by Gasteiger charge is 2.10. The Morgan fingerprint density at radius 3 is 2.93 bits per heavy atom. The van der Waals surface area contributed by atoms with E-state index in [0.717, 1.165) is 19.5 Å². The van der Waals surface area contributed by atoms with Crippen LogP contribution in [0.2, 0.25) is 0 Å². The van der Waals surface area contributed by atoms with Crippen LogP contribution in [0.25, 0.3) is 0 Å². The van der Waals surface area contributed by atoms with E-state index in [1.165, 1.54) is 11.3 Å². The molecule has 1 N–H and O–H groups in total. The second kappa shape index (κ2) is 5.57. The number of aryl methyl sites for hydroxylation is 1. The first kappa shape index (κ1) is 11.8. The van der Waals surface area contributed by atoms with E-state index in [1.807, 2.05) is 11.7 Å². The van der Waals surface area contributed by atoms with Gasteiger partial charge in [0.2, 0.25) is 0 Å². The fourth-order valence-corrected chi connectivity index (χ4v) is 1.56. The minimum Gasteiger partial charge on any atom is -0.312 e. The summed E-state index contributed by atoms with van der Waals surface area (Å²) in [5, 5.41) is 7.76. The van der Waals surface area contributed by atoms with Gasteiger partial charge < -0.3 is 5.32 Å². The van der Waals surface area contributed by atoms with Gasteiger partial charge in [-0.25, -0.2) is 0 Å². The lowest BCUT2D eigenvalue weighted by Crippen LogP contribution is -2.15. The van der Waals surface area contributed by atoms with Gasteiger partial charge in [0.1, 0.15) is 0 Å². The van der Waals surface area contributed by atoms with Crippen LogP contribution in [0.3, 0.4) is 0 Å². The fraction of sp³-hybridized carbons (Fsp3) is 0.583. The zero-order valence-corrected chi connectivity index (χ0v) is 9.75. The summed E-state index contributed by atoms with van der Waals surface area (Å²) in [7, 11) is 1.96. The monoisotopic (exact) mass is 205 g/mol. The van der Waals surface area contributed by atoms with Crippen LogP contribution in [0.5, 0.6) is 0 Å². The van der Waals surface area contributed by atoms with E-state index in [4.69, 9.17) is 6.42 Å². The lowest BCUT2D eigenvalue weighted by Gasteiger charge is -2.05. The topological polar surface area (TPSA) is 29.9 Å². The molecule has 1 heterocycles. The summed E-state index contributed by atoms with van der Waals surface area (Å²) in [5.41, 5.74) is 2.44. The summed E-state index contributed by atoms with van der Waals surface area (Å²) in [6.07, 6.45) is 8.03. The van der Waals surface area contributed by atoms with Crippen LogP contribution in [0.1, 0.15) is 37.4 Å². The molecule has 0 spiro atoms. The van der Waals surface area contributed by atoms with Crippen molar-refractivity contribution in [3.8, 4) is 12.3 Å². The molecule has 1 aromatic rings. The van der Waals surface area contributed by atoms with Gasteiger partial charge in [0.15, 0.2) is 0 Å². The third-order valence-electron chi connectivity index (χ3n) is 2.25. The minimum absolute atomic E-state index is 0.468. The van der Waals surface area contributed by atoms with Crippen LogP contribution in [0, 0.1) is 12.3 Å². The van der Waals surface area contributed by atoms with Crippen molar-refractivity contribution >= 4 is 0 Å². The fourth-order valence-electron chi connectivity index (χ4n) is 1.56. The van der Waals surface area contributed by atoms with Gasteiger partial charge in [0, 0.05) is 38.3 Å². The molecule has 0 aromatic carbocycles. The van der Waals surface area contributed by atoms with Crippen molar-refractivity contribution in [2.75, 3.05) is 6.54 Å². The van der Waals surface area contributed by atoms with Gasteiger partial charge >= 0.3 is 0 Å². The molecule has 0 radical (unpaired) electrons. The average molecular weight is 205 g/mol. The Labute approximate surface area is 91.9 Å². The van der Waals surface area contributed by atoms with Crippen LogP contribution in [-0.2, 0) is 13.6 Å². The second-order valence-electron chi connectivity index (χ2n) is 4.00. The summed E-state index contributed by atoms with van der Waals surface area (Å²) in [6, 6.07) is 0. The van der Waals surface area contributed by atoms with Crippen molar-refractivity contribution in [2.45, 2.75) is 32.7 Å². The lowest BCUT2D eigenvalue weighted by molar-refractivity contribution is 0.684. The van der Waals surface area contributed by atoms with Crippen LogP contribution in [0.15, 0.2) is 6.20 Å². The van der Waals surface area contributed by atoms with E-state index in [9.17, 15) is 0 Å². The Hall–Kier alpha value is -1.27. The molecule has 3 heteroatoms. The summed E-state index contributed by atoms with van der Waals surface area (Å²) in [4.78, 5) is 0. The Kier molecular flexibility index (Phi) is 4.38. The molecular formula is C12H19N3. The molecule has 0 unspecified atom stereocenters. The van der Waals surface area contributed by atoms with Gasteiger partial charge in [-0.2, -0.15) is 5.10 Å². The van der Waals surface area contributed by atoms with Gasteiger partial charge in [0.05, 0.1) is 5.69 Å². The van der Waals surface area contributed by atoms with Crippen LogP contribution >= 0.6 is 0 Å². The Morgan fingerprint density at radius 1 is 1.60 bits per heavy atom. The Morgan fingerprint density at radius 2 is 2.33 bits per heavy atom. The molecule has 0 amide bonds. The molecule has 0 atom stereocenters. The van der Waals surface area contributed by atoms with Gasteiger partial charge in [-0.05, 0) is 5.92 Å². The molecule has 0 saturated carbocycles. The molecule has 0 saturated heterocycles. The Balaban J connectivity index is 2.56. The second-order valence-corrected chi connectivity index (χ2v) is 4.00. The average Bonchev–Trinajstić information content (AvgIpc) is 2.55. The molecule has 3 nitrogen and oxygen atoms in total. The SMILES string of the molecule is C#CCCNCc1cn(C)nc1C(C)C. The quantitative estimate of drug-likeness (QED) is 0.585. The molecule has 0 aliphatic rings. The van der Waals surface area contributed by atoms with Crippen molar-refractivity contribution in [3.63, 3.8) is 0 Å². The maximum atomic E-state index is 5.18. The number of aromatic nitrogens is 2. The number of rotatable bonds is 5. The van der Waals surface area contributed by atoms with Gasteiger partial charge in [-0.3, -0.25) is 4.68 Å². The van der Waals surface area contributed by atoms with Crippen molar-refractivity contribution in [1.82, 2.24) is 15.1 Å². The molecule has 1 aromatic heterocycles. The summed E-state index contributed by atoms with van der Waals surface area (Å²) >= 11 is 0. The van der Waals surface area contributed by atoms with Crippen LogP contribution in [-0.4, -0.2) is 16.3 Å². The molecule has 0 aliphatic carbocycles. The van der Waals surface area contributed by atoms with Gasteiger partial charge in [-0.15, -0.1) is 12.3 Å². The number of nitrogens with zero attached hydrogens (tertiary/aromatic N) is 2. The molecule has 82 valence electrons. The third kappa shape index (κ3) is 3.41.